The van der Waals surface area contributed by atoms with Crippen molar-refractivity contribution in [3.8, 4) is 0 Å². The maximum Gasteiger partial charge on any atom is 0.191 e. The second-order valence-electron chi connectivity index (χ2n) is 9.20. The average Bonchev–Trinajstić information content (AvgIpc) is 3.11. The predicted molar refractivity (Wildman–Crippen MR) is 113 cm³/mol. The molecule has 4 fully saturated rings. The molecule has 1 spiro atoms. The number of ether oxygens (including phenoxy) is 2. The number of aliphatic imine (C=N–C) groups is 1. The number of hydrogen-bond acceptors (Lipinski definition) is 4. The lowest BCUT2D eigenvalue weighted by atomic mass is 9.46. The van der Waals surface area contributed by atoms with Crippen LogP contribution in [-0.2, 0) is 9.47 Å². The third-order valence-corrected chi connectivity index (χ3v) is 8.14. The molecule has 4 atom stereocenters. The fourth-order valence-electron chi connectivity index (χ4n) is 6.33. The molecule has 0 aromatic carbocycles. The van der Waals surface area contributed by atoms with E-state index in [-0.39, 0.29) is 0 Å². The van der Waals surface area contributed by atoms with Crippen molar-refractivity contribution < 1.29 is 9.47 Å². The zero-order valence-electron chi connectivity index (χ0n) is 18.1. The Hall–Kier alpha value is -0.850. The molecule has 2 saturated carbocycles. The summed E-state index contributed by atoms with van der Waals surface area (Å²) in [5.41, 5.74) is 0.387. The van der Waals surface area contributed by atoms with E-state index in [1.807, 2.05) is 7.05 Å². The van der Waals surface area contributed by atoms with Crippen LogP contribution in [0.5, 0.6) is 0 Å². The fourth-order valence-corrected chi connectivity index (χ4v) is 6.33. The maximum atomic E-state index is 6.07. The number of nitrogens with zero attached hydrogens (tertiary/aromatic N) is 2. The van der Waals surface area contributed by atoms with Crippen molar-refractivity contribution in [2.45, 2.75) is 70.6 Å². The second-order valence-corrected chi connectivity index (χ2v) is 9.20. The molecule has 6 nitrogen and oxygen atoms in total. The average molecular weight is 393 g/mol. The Balaban J connectivity index is 1.37. The Labute approximate surface area is 170 Å². The lowest BCUT2D eigenvalue weighted by Crippen LogP contribution is -2.72. The molecule has 0 aromatic heterocycles. The molecule has 2 N–H and O–H groups in total. The summed E-state index contributed by atoms with van der Waals surface area (Å²) >= 11 is 0. The summed E-state index contributed by atoms with van der Waals surface area (Å²) in [5, 5.41) is 7.51. The van der Waals surface area contributed by atoms with E-state index in [2.05, 4.69) is 34.4 Å². The third kappa shape index (κ3) is 3.56. The topological polar surface area (TPSA) is 58.1 Å². The quantitative estimate of drug-likeness (QED) is 0.514. The highest BCUT2D eigenvalue weighted by Crippen LogP contribution is 2.62. The van der Waals surface area contributed by atoms with Gasteiger partial charge in [-0.25, -0.2) is 0 Å². The van der Waals surface area contributed by atoms with Gasteiger partial charge in [-0.3, -0.25) is 9.89 Å². The van der Waals surface area contributed by atoms with Gasteiger partial charge in [-0.05, 0) is 25.2 Å². The Morgan fingerprint density at radius 2 is 1.93 bits per heavy atom. The molecular formula is C22H40N4O2. The fraction of sp³-hybridized carbons (Fsp3) is 0.955. The third-order valence-electron chi connectivity index (χ3n) is 8.14. The number of guanidine groups is 1. The molecular weight excluding hydrogens is 352 g/mol. The summed E-state index contributed by atoms with van der Waals surface area (Å²) < 4.78 is 11.7. The van der Waals surface area contributed by atoms with Crippen LogP contribution in [-0.4, -0.2) is 75.5 Å². The summed E-state index contributed by atoms with van der Waals surface area (Å²) in [6.45, 7) is 10.3. The molecule has 4 rings (SSSR count). The lowest BCUT2D eigenvalue weighted by molar-refractivity contribution is -0.171. The van der Waals surface area contributed by atoms with Crippen LogP contribution in [0.25, 0.3) is 0 Å². The normalized spacial score (nSPS) is 33.3. The van der Waals surface area contributed by atoms with Crippen molar-refractivity contribution in [2.24, 2.45) is 22.2 Å². The van der Waals surface area contributed by atoms with Gasteiger partial charge in [-0.1, -0.05) is 33.1 Å². The zero-order valence-corrected chi connectivity index (χ0v) is 18.1. The van der Waals surface area contributed by atoms with E-state index in [0.717, 1.165) is 45.4 Å². The minimum absolute atomic E-state index is 0.387. The minimum atomic E-state index is 0.387. The van der Waals surface area contributed by atoms with Crippen LogP contribution in [0.4, 0.5) is 0 Å². The van der Waals surface area contributed by atoms with Gasteiger partial charge in [0.1, 0.15) is 0 Å². The summed E-state index contributed by atoms with van der Waals surface area (Å²) in [5.74, 6) is 2.36. The van der Waals surface area contributed by atoms with Crippen molar-refractivity contribution in [1.82, 2.24) is 15.5 Å². The second kappa shape index (κ2) is 8.88. The van der Waals surface area contributed by atoms with Crippen LogP contribution in [0.3, 0.4) is 0 Å². The van der Waals surface area contributed by atoms with Crippen LogP contribution in [0, 0.1) is 17.3 Å². The molecule has 160 valence electrons. The van der Waals surface area contributed by atoms with Gasteiger partial charge in [0.05, 0.1) is 19.3 Å². The number of rotatable bonds is 7. The van der Waals surface area contributed by atoms with E-state index >= 15 is 0 Å². The Bertz CT molecular complexity index is 541. The number of nitrogens with one attached hydrogen (secondary N) is 2. The highest BCUT2D eigenvalue weighted by atomic mass is 16.5. The SMILES string of the molecule is CCC(CC)C(CNC(=NC)NC1C2CCOC2C12CCC2)N1CCOCC1. The van der Waals surface area contributed by atoms with Gasteiger partial charge in [0.2, 0.25) is 0 Å². The van der Waals surface area contributed by atoms with E-state index in [1.54, 1.807) is 0 Å². The Morgan fingerprint density at radius 3 is 2.54 bits per heavy atom. The van der Waals surface area contributed by atoms with Gasteiger partial charge in [-0.15, -0.1) is 0 Å². The summed E-state index contributed by atoms with van der Waals surface area (Å²) in [6, 6.07) is 1.08. The molecule has 0 bridgehead atoms. The summed E-state index contributed by atoms with van der Waals surface area (Å²) in [6.07, 6.45) is 8.12. The van der Waals surface area contributed by atoms with Gasteiger partial charge in [0.25, 0.3) is 0 Å². The lowest BCUT2D eigenvalue weighted by Gasteiger charge is -2.63. The number of hydrogen-bond donors (Lipinski definition) is 2. The molecule has 28 heavy (non-hydrogen) atoms. The molecule has 4 unspecified atom stereocenters. The van der Waals surface area contributed by atoms with Crippen LogP contribution in [0.1, 0.15) is 52.4 Å². The molecule has 6 heteroatoms. The Morgan fingerprint density at radius 1 is 1.18 bits per heavy atom. The van der Waals surface area contributed by atoms with E-state index in [9.17, 15) is 0 Å². The standard InChI is InChI=1S/C22H40N4O2/c1-4-16(5-2)18(26-10-13-27-14-11-26)15-24-21(23-3)25-19-17-7-12-28-20(17)22(19)8-6-9-22/h16-20H,4-15H2,1-3H3,(H2,23,24,25). The number of fused-ring (bicyclic) bond motifs is 2. The zero-order chi connectivity index (χ0) is 19.6. The van der Waals surface area contributed by atoms with Crippen molar-refractivity contribution in [3.63, 3.8) is 0 Å². The molecule has 2 saturated heterocycles. The van der Waals surface area contributed by atoms with Crippen LogP contribution in [0.15, 0.2) is 4.99 Å². The van der Waals surface area contributed by atoms with Crippen molar-refractivity contribution in [3.05, 3.63) is 0 Å². The largest absolute Gasteiger partial charge is 0.379 e. The maximum absolute atomic E-state index is 6.07. The predicted octanol–water partition coefficient (Wildman–Crippen LogP) is 2.25. The first kappa shape index (κ1) is 20.4. The van der Waals surface area contributed by atoms with Crippen molar-refractivity contribution in [2.75, 3.05) is 46.5 Å². The first-order chi connectivity index (χ1) is 13.7. The van der Waals surface area contributed by atoms with Gasteiger partial charge in [0.15, 0.2) is 5.96 Å². The summed E-state index contributed by atoms with van der Waals surface area (Å²) in [7, 11) is 1.91. The minimum Gasteiger partial charge on any atom is -0.379 e. The number of morpholine rings is 1. The van der Waals surface area contributed by atoms with Crippen LogP contribution < -0.4 is 10.6 Å². The smallest absolute Gasteiger partial charge is 0.191 e. The van der Waals surface area contributed by atoms with Gasteiger partial charge >= 0.3 is 0 Å². The highest BCUT2D eigenvalue weighted by Gasteiger charge is 2.66. The van der Waals surface area contributed by atoms with Crippen LogP contribution >= 0.6 is 0 Å². The van der Waals surface area contributed by atoms with Crippen LogP contribution in [0.2, 0.25) is 0 Å². The van der Waals surface area contributed by atoms with Crippen molar-refractivity contribution in [1.29, 1.82) is 0 Å². The summed E-state index contributed by atoms with van der Waals surface area (Å²) in [4.78, 5) is 7.21. The van der Waals surface area contributed by atoms with E-state index in [1.165, 1.54) is 38.5 Å². The molecule has 2 aliphatic heterocycles. The van der Waals surface area contributed by atoms with E-state index in [4.69, 9.17) is 9.47 Å². The van der Waals surface area contributed by atoms with Gasteiger partial charge in [0, 0.05) is 56.7 Å². The molecule has 0 radical (unpaired) electrons. The molecule has 0 amide bonds. The van der Waals surface area contributed by atoms with Gasteiger partial charge < -0.3 is 20.1 Å². The first-order valence-electron chi connectivity index (χ1n) is 11.6. The van der Waals surface area contributed by atoms with E-state index < -0.39 is 0 Å². The van der Waals surface area contributed by atoms with Crippen molar-refractivity contribution >= 4 is 5.96 Å². The monoisotopic (exact) mass is 392 g/mol. The molecule has 0 aromatic rings. The Kier molecular flexibility index (Phi) is 6.48. The molecule has 2 heterocycles. The van der Waals surface area contributed by atoms with E-state index in [0.29, 0.717) is 35.4 Å². The molecule has 2 aliphatic carbocycles. The first-order valence-corrected chi connectivity index (χ1v) is 11.6. The highest BCUT2D eigenvalue weighted by molar-refractivity contribution is 5.80. The van der Waals surface area contributed by atoms with Gasteiger partial charge in [-0.2, -0.15) is 0 Å². The molecule has 4 aliphatic rings.